The quantitative estimate of drug-likeness (QED) is 0.903. The van der Waals surface area contributed by atoms with E-state index in [0.717, 1.165) is 31.5 Å². The van der Waals surface area contributed by atoms with Gasteiger partial charge in [0.25, 0.3) is 11.8 Å². The highest BCUT2D eigenvalue weighted by Gasteiger charge is 2.21. The Balaban J connectivity index is 1.44. The number of para-hydroxylation sites is 1. The van der Waals surface area contributed by atoms with Crippen molar-refractivity contribution in [2.75, 3.05) is 26.3 Å². The van der Waals surface area contributed by atoms with Gasteiger partial charge in [0.05, 0.1) is 5.56 Å². The molecular weight excluding hydrogens is 344 g/mol. The first-order chi connectivity index (χ1) is 13.2. The van der Waals surface area contributed by atoms with Crippen LogP contribution in [-0.4, -0.2) is 43.0 Å². The fourth-order valence-electron chi connectivity index (χ4n) is 3.45. The Morgan fingerprint density at radius 2 is 1.78 bits per heavy atom. The largest absolute Gasteiger partial charge is 0.486 e. The van der Waals surface area contributed by atoms with E-state index in [1.165, 1.54) is 0 Å². The third-order valence-corrected chi connectivity index (χ3v) is 4.83. The summed E-state index contributed by atoms with van der Waals surface area (Å²) < 4.78 is 11.1. The Morgan fingerprint density at radius 1 is 1.00 bits per heavy atom. The minimum absolute atomic E-state index is 0.0587. The highest BCUT2D eigenvalue weighted by Crippen LogP contribution is 2.33. The number of nitrogens with zero attached hydrogens (tertiary/aromatic N) is 1. The number of carbonyl (C=O) groups is 2. The Kier molecular flexibility index (Phi) is 4.96. The van der Waals surface area contributed by atoms with Gasteiger partial charge < -0.3 is 19.7 Å². The first-order valence-corrected chi connectivity index (χ1v) is 9.27. The lowest BCUT2D eigenvalue weighted by Gasteiger charge is -2.20. The molecule has 2 heterocycles. The number of amides is 2. The van der Waals surface area contributed by atoms with E-state index in [-0.39, 0.29) is 11.8 Å². The van der Waals surface area contributed by atoms with E-state index in [1.807, 2.05) is 29.2 Å². The zero-order valence-electron chi connectivity index (χ0n) is 15.1. The Labute approximate surface area is 158 Å². The van der Waals surface area contributed by atoms with Crippen LogP contribution in [0.4, 0.5) is 0 Å². The standard InChI is InChI=1S/C21H22N2O4/c24-20(17-7-4-8-18-19(17)27-12-11-26-18)22-14-15-5-3-6-16(13-15)21(25)23-9-1-2-10-23/h3-8,13H,1-2,9-12,14H2,(H,22,24). The maximum Gasteiger partial charge on any atom is 0.255 e. The first-order valence-electron chi connectivity index (χ1n) is 9.27. The molecular formula is C21H22N2O4. The summed E-state index contributed by atoms with van der Waals surface area (Å²) in [5, 5.41) is 2.90. The van der Waals surface area contributed by atoms with E-state index in [4.69, 9.17) is 9.47 Å². The van der Waals surface area contributed by atoms with Gasteiger partial charge >= 0.3 is 0 Å². The molecule has 1 fully saturated rings. The molecule has 4 rings (SSSR count). The van der Waals surface area contributed by atoms with Crippen molar-refractivity contribution in [3.63, 3.8) is 0 Å². The summed E-state index contributed by atoms with van der Waals surface area (Å²) in [4.78, 5) is 27.0. The van der Waals surface area contributed by atoms with Crippen LogP contribution >= 0.6 is 0 Å². The van der Waals surface area contributed by atoms with E-state index in [2.05, 4.69) is 5.32 Å². The van der Waals surface area contributed by atoms with Crippen molar-refractivity contribution in [1.82, 2.24) is 10.2 Å². The molecule has 0 radical (unpaired) electrons. The van der Waals surface area contributed by atoms with Crippen molar-refractivity contribution >= 4 is 11.8 Å². The minimum atomic E-state index is -0.228. The number of carbonyl (C=O) groups excluding carboxylic acids is 2. The second-order valence-electron chi connectivity index (χ2n) is 6.71. The number of benzene rings is 2. The number of hydrogen-bond donors (Lipinski definition) is 1. The van der Waals surface area contributed by atoms with E-state index in [1.54, 1.807) is 18.2 Å². The van der Waals surface area contributed by atoms with Crippen molar-refractivity contribution in [3.05, 3.63) is 59.2 Å². The molecule has 0 bridgehead atoms. The Morgan fingerprint density at radius 3 is 2.63 bits per heavy atom. The molecule has 0 unspecified atom stereocenters. The van der Waals surface area contributed by atoms with Gasteiger partial charge in [0.2, 0.25) is 0 Å². The molecule has 2 aliphatic heterocycles. The van der Waals surface area contributed by atoms with E-state index >= 15 is 0 Å². The smallest absolute Gasteiger partial charge is 0.255 e. The topological polar surface area (TPSA) is 67.9 Å². The van der Waals surface area contributed by atoms with Gasteiger partial charge in [-0.25, -0.2) is 0 Å². The van der Waals surface area contributed by atoms with Gasteiger partial charge in [-0.15, -0.1) is 0 Å². The van der Waals surface area contributed by atoms with Crippen LogP contribution in [0.3, 0.4) is 0 Å². The molecule has 27 heavy (non-hydrogen) atoms. The molecule has 0 aromatic heterocycles. The van der Waals surface area contributed by atoms with Crippen LogP contribution in [0.1, 0.15) is 39.1 Å². The van der Waals surface area contributed by atoms with E-state index < -0.39 is 0 Å². The number of likely N-dealkylation sites (tertiary alicyclic amines) is 1. The number of nitrogens with one attached hydrogen (secondary N) is 1. The van der Waals surface area contributed by atoms with Crippen LogP contribution in [-0.2, 0) is 6.54 Å². The monoisotopic (exact) mass is 366 g/mol. The van der Waals surface area contributed by atoms with Crippen molar-refractivity contribution < 1.29 is 19.1 Å². The molecule has 2 aromatic rings. The fraction of sp³-hybridized carbons (Fsp3) is 0.333. The zero-order chi connectivity index (χ0) is 18.6. The van der Waals surface area contributed by atoms with Gasteiger partial charge in [0, 0.05) is 25.2 Å². The maximum atomic E-state index is 12.6. The van der Waals surface area contributed by atoms with Crippen LogP contribution in [0.15, 0.2) is 42.5 Å². The molecule has 2 aromatic carbocycles. The second-order valence-corrected chi connectivity index (χ2v) is 6.71. The van der Waals surface area contributed by atoms with Crippen molar-refractivity contribution in [1.29, 1.82) is 0 Å². The average molecular weight is 366 g/mol. The molecule has 0 spiro atoms. The van der Waals surface area contributed by atoms with Gasteiger partial charge in [-0.3, -0.25) is 9.59 Å². The average Bonchev–Trinajstić information content (AvgIpc) is 3.26. The highest BCUT2D eigenvalue weighted by atomic mass is 16.6. The van der Waals surface area contributed by atoms with E-state index in [0.29, 0.717) is 42.4 Å². The molecule has 6 nitrogen and oxygen atoms in total. The Hall–Kier alpha value is -3.02. The number of ether oxygens (including phenoxy) is 2. The lowest BCUT2D eigenvalue weighted by atomic mass is 10.1. The van der Waals surface area contributed by atoms with Crippen LogP contribution < -0.4 is 14.8 Å². The van der Waals surface area contributed by atoms with Crippen molar-refractivity contribution in [2.24, 2.45) is 0 Å². The summed E-state index contributed by atoms with van der Waals surface area (Å²) in [5.74, 6) is 0.906. The predicted octanol–water partition coefficient (Wildman–Crippen LogP) is 2.62. The molecule has 0 saturated carbocycles. The lowest BCUT2D eigenvalue weighted by Crippen LogP contribution is -2.28. The van der Waals surface area contributed by atoms with Gasteiger partial charge in [0.1, 0.15) is 13.2 Å². The van der Waals surface area contributed by atoms with E-state index in [9.17, 15) is 9.59 Å². The van der Waals surface area contributed by atoms with Crippen LogP contribution in [0.25, 0.3) is 0 Å². The third kappa shape index (κ3) is 3.74. The normalized spacial score (nSPS) is 15.5. The Bertz CT molecular complexity index is 859. The molecule has 140 valence electrons. The van der Waals surface area contributed by atoms with Gasteiger partial charge in [-0.05, 0) is 42.7 Å². The summed E-state index contributed by atoms with van der Waals surface area (Å²) in [5.41, 5.74) is 2.00. The van der Waals surface area contributed by atoms with Gasteiger partial charge in [-0.1, -0.05) is 18.2 Å². The predicted molar refractivity (Wildman–Crippen MR) is 100 cm³/mol. The highest BCUT2D eigenvalue weighted by molar-refractivity contribution is 5.98. The molecule has 2 amide bonds. The molecule has 0 aliphatic carbocycles. The third-order valence-electron chi connectivity index (χ3n) is 4.83. The summed E-state index contributed by atoms with van der Waals surface area (Å²) in [6, 6.07) is 12.7. The SMILES string of the molecule is O=C(NCc1cccc(C(=O)N2CCCC2)c1)c1cccc2c1OCCO2. The first kappa shape index (κ1) is 17.4. The molecule has 6 heteroatoms. The van der Waals surface area contributed by atoms with Crippen LogP contribution in [0.2, 0.25) is 0 Å². The summed E-state index contributed by atoms with van der Waals surface area (Å²) in [6.45, 7) is 2.89. The summed E-state index contributed by atoms with van der Waals surface area (Å²) >= 11 is 0. The van der Waals surface area contributed by atoms with Gasteiger partial charge in [0.15, 0.2) is 11.5 Å². The van der Waals surface area contributed by atoms with Gasteiger partial charge in [-0.2, -0.15) is 0 Å². The zero-order valence-corrected chi connectivity index (χ0v) is 15.1. The summed E-state index contributed by atoms with van der Waals surface area (Å²) in [7, 11) is 0. The maximum absolute atomic E-state index is 12.6. The fourth-order valence-corrected chi connectivity index (χ4v) is 3.45. The number of hydrogen-bond acceptors (Lipinski definition) is 4. The van der Waals surface area contributed by atoms with Crippen molar-refractivity contribution in [2.45, 2.75) is 19.4 Å². The van der Waals surface area contributed by atoms with Crippen LogP contribution in [0.5, 0.6) is 11.5 Å². The van der Waals surface area contributed by atoms with Crippen molar-refractivity contribution in [3.8, 4) is 11.5 Å². The molecule has 0 atom stereocenters. The molecule has 1 saturated heterocycles. The molecule has 1 N–H and O–H groups in total. The second kappa shape index (κ2) is 7.70. The minimum Gasteiger partial charge on any atom is -0.486 e. The summed E-state index contributed by atoms with van der Waals surface area (Å²) in [6.07, 6.45) is 2.13. The number of fused-ring (bicyclic) bond motifs is 1. The number of rotatable bonds is 4. The van der Waals surface area contributed by atoms with Crippen LogP contribution in [0, 0.1) is 0 Å². The molecule has 2 aliphatic rings. The lowest BCUT2D eigenvalue weighted by molar-refractivity contribution is 0.0792.